The van der Waals surface area contributed by atoms with Crippen molar-refractivity contribution in [1.82, 2.24) is 4.98 Å². The number of anilines is 1. The molecule has 0 atom stereocenters. The summed E-state index contributed by atoms with van der Waals surface area (Å²) < 4.78 is 49.2. The van der Waals surface area contributed by atoms with Crippen LogP contribution in [-0.4, -0.2) is 30.1 Å². The van der Waals surface area contributed by atoms with Crippen molar-refractivity contribution in [3.63, 3.8) is 0 Å². The number of carbonyl (C=O) groups excluding carboxylic acids is 2. The molecule has 6 nitrogen and oxygen atoms in total. The second-order valence-corrected chi connectivity index (χ2v) is 7.33. The lowest BCUT2D eigenvalue weighted by atomic mass is 10.3. The van der Waals surface area contributed by atoms with E-state index in [9.17, 15) is 22.8 Å². The van der Waals surface area contributed by atoms with Gasteiger partial charge in [-0.1, -0.05) is 34.5 Å². The van der Waals surface area contributed by atoms with Crippen molar-refractivity contribution in [3.05, 3.63) is 38.8 Å². The second kappa shape index (κ2) is 10.1. The first-order valence-electron chi connectivity index (χ1n) is 8.24. The molecular weight excluding hydrogens is 456 g/mol. The molecule has 1 amide bonds. The lowest BCUT2D eigenvalue weighted by Crippen LogP contribution is -2.14. The summed E-state index contributed by atoms with van der Waals surface area (Å²) >= 11 is 12.1. The number of hydrogen-bond donors (Lipinski definition) is 1. The Morgan fingerprint density at radius 2 is 2.00 bits per heavy atom. The third-order valence-electron chi connectivity index (χ3n) is 3.30. The number of ether oxygens (including phenoxy) is 2. The first-order chi connectivity index (χ1) is 13.6. The third-order valence-corrected chi connectivity index (χ3v) is 4.78. The van der Waals surface area contributed by atoms with Crippen LogP contribution in [0.25, 0.3) is 0 Å². The van der Waals surface area contributed by atoms with Gasteiger partial charge < -0.3 is 14.8 Å². The van der Waals surface area contributed by atoms with Crippen LogP contribution in [0.15, 0.2) is 18.2 Å². The summed E-state index contributed by atoms with van der Waals surface area (Å²) in [6.07, 6.45) is -4.62. The summed E-state index contributed by atoms with van der Waals surface area (Å²) in [5.41, 5.74) is -1.39. The summed E-state index contributed by atoms with van der Waals surface area (Å²) in [6, 6.07) is 4.68. The standard InChI is InChI=1S/C17H15Cl2F3N2O4S/c1-2-27-15(26)13-14(17(20,21)22)24-16(29-13)23-12(25)4-3-7-28-11-6-5-9(18)8-10(11)19/h5-6,8H,2-4,7H2,1H3,(H,23,24,25). The fourth-order valence-corrected chi connectivity index (χ4v) is 3.45. The summed E-state index contributed by atoms with van der Waals surface area (Å²) in [7, 11) is 0. The lowest BCUT2D eigenvalue weighted by Gasteiger charge is -2.08. The van der Waals surface area contributed by atoms with Crippen LogP contribution in [0.3, 0.4) is 0 Å². The zero-order chi connectivity index (χ0) is 21.6. The summed E-state index contributed by atoms with van der Waals surface area (Å²) in [4.78, 5) is 26.3. The number of benzene rings is 1. The molecule has 1 aromatic heterocycles. The molecule has 0 saturated heterocycles. The van der Waals surface area contributed by atoms with Gasteiger partial charge >= 0.3 is 12.1 Å². The predicted molar refractivity (Wildman–Crippen MR) is 103 cm³/mol. The molecule has 1 heterocycles. The van der Waals surface area contributed by atoms with E-state index < -0.39 is 28.6 Å². The number of halogens is 5. The Morgan fingerprint density at radius 3 is 2.62 bits per heavy atom. The van der Waals surface area contributed by atoms with Gasteiger partial charge in [0.15, 0.2) is 10.8 Å². The number of rotatable bonds is 8. The zero-order valence-electron chi connectivity index (χ0n) is 14.9. The van der Waals surface area contributed by atoms with Gasteiger partial charge in [-0.3, -0.25) is 4.79 Å². The van der Waals surface area contributed by atoms with Crippen LogP contribution in [0.4, 0.5) is 18.3 Å². The van der Waals surface area contributed by atoms with Gasteiger partial charge in [0.1, 0.15) is 10.6 Å². The van der Waals surface area contributed by atoms with Gasteiger partial charge in [-0.2, -0.15) is 13.2 Å². The number of esters is 1. The fourth-order valence-electron chi connectivity index (χ4n) is 2.09. The van der Waals surface area contributed by atoms with Crippen molar-refractivity contribution in [2.45, 2.75) is 25.9 Å². The Kier molecular flexibility index (Phi) is 8.12. The van der Waals surface area contributed by atoms with Gasteiger partial charge in [0.2, 0.25) is 5.91 Å². The van der Waals surface area contributed by atoms with Crippen LogP contribution in [0.5, 0.6) is 5.75 Å². The molecule has 0 aliphatic heterocycles. The van der Waals surface area contributed by atoms with E-state index in [4.69, 9.17) is 27.9 Å². The number of alkyl halides is 3. The molecule has 1 aromatic carbocycles. The Hall–Kier alpha value is -2.04. The van der Waals surface area contributed by atoms with E-state index in [1.165, 1.54) is 13.0 Å². The molecule has 2 aromatic rings. The minimum absolute atomic E-state index is 0.0408. The number of nitrogens with one attached hydrogen (secondary N) is 1. The molecule has 0 aliphatic rings. The largest absolute Gasteiger partial charge is 0.492 e. The highest BCUT2D eigenvalue weighted by Crippen LogP contribution is 2.36. The maximum absolute atomic E-state index is 13.1. The first kappa shape index (κ1) is 23.2. The topological polar surface area (TPSA) is 77.5 Å². The van der Waals surface area contributed by atoms with E-state index in [1.807, 2.05) is 0 Å². The zero-order valence-corrected chi connectivity index (χ0v) is 17.3. The van der Waals surface area contributed by atoms with Gasteiger partial charge in [0.25, 0.3) is 0 Å². The van der Waals surface area contributed by atoms with Crippen molar-refractivity contribution in [2.24, 2.45) is 0 Å². The van der Waals surface area contributed by atoms with Crippen LogP contribution >= 0.6 is 34.5 Å². The molecule has 0 saturated carbocycles. The van der Waals surface area contributed by atoms with Crippen LogP contribution in [0.1, 0.15) is 35.1 Å². The van der Waals surface area contributed by atoms with E-state index in [2.05, 4.69) is 15.0 Å². The van der Waals surface area contributed by atoms with Crippen LogP contribution in [0, 0.1) is 0 Å². The van der Waals surface area contributed by atoms with Crippen molar-refractivity contribution >= 4 is 51.5 Å². The molecule has 0 bridgehead atoms. The molecule has 29 heavy (non-hydrogen) atoms. The highest BCUT2D eigenvalue weighted by molar-refractivity contribution is 7.17. The fraction of sp³-hybridized carbons (Fsp3) is 0.353. The highest BCUT2D eigenvalue weighted by atomic mass is 35.5. The number of thiazole rings is 1. The van der Waals surface area contributed by atoms with Crippen molar-refractivity contribution < 1.29 is 32.2 Å². The quantitative estimate of drug-likeness (QED) is 0.410. The molecule has 1 N–H and O–H groups in total. The number of carbonyl (C=O) groups is 2. The van der Waals surface area contributed by atoms with E-state index in [1.54, 1.807) is 12.1 Å². The summed E-state index contributed by atoms with van der Waals surface area (Å²) in [6.45, 7) is 1.52. The Bertz CT molecular complexity index is 890. The third kappa shape index (κ3) is 6.76. The predicted octanol–water partition coefficient (Wildman–Crippen LogP) is 5.44. The minimum atomic E-state index is -4.85. The molecule has 0 aliphatic carbocycles. The average Bonchev–Trinajstić information content (AvgIpc) is 3.05. The summed E-state index contributed by atoms with van der Waals surface area (Å²) in [5, 5.41) is 2.68. The van der Waals surface area contributed by atoms with Gasteiger partial charge in [-0.15, -0.1) is 0 Å². The molecule has 12 heteroatoms. The first-order valence-corrected chi connectivity index (χ1v) is 9.82. The van der Waals surface area contributed by atoms with E-state index in [0.29, 0.717) is 27.1 Å². The van der Waals surface area contributed by atoms with Crippen molar-refractivity contribution in [2.75, 3.05) is 18.5 Å². The van der Waals surface area contributed by atoms with E-state index >= 15 is 0 Å². The number of hydrogen-bond acceptors (Lipinski definition) is 6. The molecular formula is C17H15Cl2F3N2O4S. The van der Waals surface area contributed by atoms with Crippen LogP contribution in [-0.2, 0) is 15.7 Å². The monoisotopic (exact) mass is 470 g/mol. The molecule has 0 radical (unpaired) electrons. The molecule has 0 fully saturated rings. The second-order valence-electron chi connectivity index (χ2n) is 5.49. The van der Waals surface area contributed by atoms with E-state index in [-0.39, 0.29) is 31.2 Å². The SMILES string of the molecule is CCOC(=O)c1sc(NC(=O)CCCOc2ccc(Cl)cc2Cl)nc1C(F)(F)F. The van der Waals surface area contributed by atoms with Gasteiger partial charge in [-0.25, -0.2) is 9.78 Å². The molecule has 0 spiro atoms. The average molecular weight is 471 g/mol. The highest BCUT2D eigenvalue weighted by Gasteiger charge is 2.40. The van der Waals surface area contributed by atoms with E-state index in [0.717, 1.165) is 0 Å². The smallest absolute Gasteiger partial charge is 0.435 e. The Labute approximate surface area is 177 Å². The molecule has 0 unspecified atom stereocenters. The Balaban J connectivity index is 1.92. The number of aromatic nitrogens is 1. The molecule has 2 rings (SSSR count). The number of nitrogens with zero attached hydrogens (tertiary/aromatic N) is 1. The lowest BCUT2D eigenvalue weighted by molar-refractivity contribution is -0.141. The Morgan fingerprint density at radius 1 is 1.28 bits per heavy atom. The molecule has 158 valence electrons. The minimum Gasteiger partial charge on any atom is -0.492 e. The summed E-state index contributed by atoms with van der Waals surface area (Å²) in [5.74, 6) is -1.33. The van der Waals surface area contributed by atoms with Crippen molar-refractivity contribution in [3.8, 4) is 5.75 Å². The van der Waals surface area contributed by atoms with Crippen LogP contribution in [0.2, 0.25) is 10.0 Å². The maximum atomic E-state index is 13.1. The van der Waals surface area contributed by atoms with Gasteiger partial charge in [-0.05, 0) is 31.5 Å². The normalized spacial score (nSPS) is 11.2. The number of amides is 1. The van der Waals surface area contributed by atoms with Gasteiger partial charge in [0.05, 0.1) is 18.2 Å². The van der Waals surface area contributed by atoms with Gasteiger partial charge in [0, 0.05) is 11.4 Å². The van der Waals surface area contributed by atoms with Crippen molar-refractivity contribution in [1.29, 1.82) is 0 Å². The maximum Gasteiger partial charge on any atom is 0.435 e. The van der Waals surface area contributed by atoms with Crippen LogP contribution < -0.4 is 10.1 Å².